The van der Waals surface area contributed by atoms with Crippen LogP contribution < -0.4 is 5.32 Å². The summed E-state index contributed by atoms with van der Waals surface area (Å²) < 4.78 is 1.09. The number of fused-ring (bicyclic) bond motifs is 1. The van der Waals surface area contributed by atoms with Crippen molar-refractivity contribution in [3.8, 4) is 0 Å². The first-order valence-corrected chi connectivity index (χ1v) is 6.36. The lowest BCUT2D eigenvalue weighted by Gasteiger charge is -2.01. The van der Waals surface area contributed by atoms with Crippen molar-refractivity contribution in [2.45, 2.75) is 0 Å². The molecular formula is C13H9N3O2S. The Morgan fingerprint density at radius 1 is 1.21 bits per heavy atom. The van der Waals surface area contributed by atoms with E-state index in [1.54, 1.807) is 6.07 Å². The fraction of sp³-hybridized carbons (Fsp3) is 0. The Kier molecular flexibility index (Phi) is 2.85. The van der Waals surface area contributed by atoms with Crippen molar-refractivity contribution in [1.82, 2.24) is 9.97 Å². The molecule has 2 heterocycles. The van der Waals surface area contributed by atoms with Crippen molar-refractivity contribution >= 4 is 38.5 Å². The van der Waals surface area contributed by atoms with Crippen molar-refractivity contribution in [3.05, 3.63) is 48.2 Å². The molecule has 19 heavy (non-hydrogen) atoms. The van der Waals surface area contributed by atoms with E-state index in [1.165, 1.54) is 23.6 Å². The monoisotopic (exact) mass is 271 g/mol. The molecule has 3 rings (SSSR count). The molecule has 0 amide bonds. The van der Waals surface area contributed by atoms with Gasteiger partial charge in [-0.3, -0.25) is 0 Å². The zero-order chi connectivity index (χ0) is 13.2. The smallest absolute Gasteiger partial charge is 0.337 e. The molecule has 0 atom stereocenters. The summed E-state index contributed by atoms with van der Waals surface area (Å²) in [6, 6.07) is 11.0. The number of aromatic carboxylic acids is 1. The molecular weight excluding hydrogens is 262 g/mol. The highest BCUT2D eigenvalue weighted by Gasteiger charge is 2.06. The topological polar surface area (TPSA) is 75.1 Å². The fourth-order valence-corrected chi connectivity index (χ4v) is 2.50. The van der Waals surface area contributed by atoms with Crippen LogP contribution >= 0.6 is 11.3 Å². The van der Waals surface area contributed by atoms with Gasteiger partial charge in [0.05, 0.1) is 15.8 Å². The number of rotatable bonds is 3. The molecule has 0 spiro atoms. The maximum Gasteiger partial charge on any atom is 0.337 e. The van der Waals surface area contributed by atoms with Crippen LogP contribution in [0.1, 0.15) is 10.4 Å². The van der Waals surface area contributed by atoms with E-state index in [9.17, 15) is 4.79 Å². The van der Waals surface area contributed by atoms with Gasteiger partial charge >= 0.3 is 5.97 Å². The Morgan fingerprint density at radius 3 is 2.74 bits per heavy atom. The molecule has 5 nitrogen and oxygen atoms in total. The van der Waals surface area contributed by atoms with E-state index < -0.39 is 5.97 Å². The Labute approximate surface area is 112 Å². The van der Waals surface area contributed by atoms with Gasteiger partial charge < -0.3 is 10.4 Å². The number of para-hydroxylation sites is 1. The second-order valence-corrected chi connectivity index (χ2v) is 4.88. The third kappa shape index (κ3) is 2.38. The zero-order valence-electron chi connectivity index (χ0n) is 9.70. The van der Waals surface area contributed by atoms with Gasteiger partial charge in [0.1, 0.15) is 5.82 Å². The van der Waals surface area contributed by atoms with Crippen LogP contribution in [0.5, 0.6) is 0 Å². The molecule has 2 aromatic heterocycles. The number of pyridine rings is 1. The molecule has 3 aromatic rings. The first-order valence-electron chi connectivity index (χ1n) is 5.54. The van der Waals surface area contributed by atoms with Crippen LogP contribution in [0.15, 0.2) is 42.6 Å². The third-order valence-electron chi connectivity index (χ3n) is 2.54. The molecule has 0 bridgehead atoms. The number of nitrogens with one attached hydrogen (secondary N) is 1. The van der Waals surface area contributed by atoms with E-state index >= 15 is 0 Å². The first-order chi connectivity index (χ1) is 9.22. The van der Waals surface area contributed by atoms with Crippen LogP contribution in [0.3, 0.4) is 0 Å². The average Bonchev–Trinajstić information content (AvgIpc) is 2.81. The lowest BCUT2D eigenvalue weighted by atomic mass is 10.3. The predicted octanol–water partition coefficient (Wildman–Crippen LogP) is 3.13. The lowest BCUT2D eigenvalue weighted by molar-refractivity contribution is 0.0696. The normalized spacial score (nSPS) is 10.5. The summed E-state index contributed by atoms with van der Waals surface area (Å²) in [7, 11) is 0. The SMILES string of the molecule is O=C(O)c1ccc(Nc2nc3ccccc3s2)nc1. The summed E-state index contributed by atoms with van der Waals surface area (Å²) in [6.45, 7) is 0. The summed E-state index contributed by atoms with van der Waals surface area (Å²) >= 11 is 1.52. The Bertz CT molecular complexity index is 704. The van der Waals surface area contributed by atoms with E-state index in [1.807, 2.05) is 24.3 Å². The van der Waals surface area contributed by atoms with E-state index in [4.69, 9.17) is 5.11 Å². The number of carboxylic acids is 1. The van der Waals surface area contributed by atoms with Gasteiger partial charge in [-0.1, -0.05) is 23.5 Å². The summed E-state index contributed by atoms with van der Waals surface area (Å²) in [4.78, 5) is 19.2. The van der Waals surface area contributed by atoms with Crippen LogP contribution in [-0.4, -0.2) is 21.0 Å². The average molecular weight is 271 g/mol. The number of benzene rings is 1. The molecule has 0 radical (unpaired) electrons. The lowest BCUT2D eigenvalue weighted by Crippen LogP contribution is -1.98. The second-order valence-electron chi connectivity index (χ2n) is 3.85. The second kappa shape index (κ2) is 4.66. The van der Waals surface area contributed by atoms with Crippen molar-refractivity contribution in [3.63, 3.8) is 0 Å². The van der Waals surface area contributed by atoms with Crippen LogP contribution in [0.25, 0.3) is 10.2 Å². The molecule has 0 aliphatic carbocycles. The number of nitrogens with zero attached hydrogens (tertiary/aromatic N) is 2. The summed E-state index contributed by atoms with van der Waals surface area (Å²) in [6.07, 6.45) is 1.32. The molecule has 0 fully saturated rings. The minimum absolute atomic E-state index is 0.162. The molecule has 0 aliphatic heterocycles. The molecule has 0 unspecified atom stereocenters. The van der Waals surface area contributed by atoms with E-state index in [-0.39, 0.29) is 5.56 Å². The first kappa shape index (κ1) is 11.6. The van der Waals surface area contributed by atoms with Gasteiger partial charge in [-0.15, -0.1) is 0 Å². The standard InChI is InChI=1S/C13H9N3O2S/c17-12(18)8-5-6-11(14-7-8)16-13-15-9-3-1-2-4-10(9)19-13/h1-7H,(H,17,18)(H,14,15,16). The van der Waals surface area contributed by atoms with Crippen molar-refractivity contribution < 1.29 is 9.90 Å². The van der Waals surface area contributed by atoms with E-state index in [2.05, 4.69) is 15.3 Å². The van der Waals surface area contributed by atoms with Crippen LogP contribution in [0.2, 0.25) is 0 Å². The highest BCUT2D eigenvalue weighted by Crippen LogP contribution is 2.27. The van der Waals surface area contributed by atoms with Gasteiger partial charge in [-0.2, -0.15) is 0 Å². The zero-order valence-corrected chi connectivity index (χ0v) is 10.5. The number of hydrogen-bond donors (Lipinski definition) is 2. The minimum Gasteiger partial charge on any atom is -0.478 e. The number of anilines is 2. The maximum absolute atomic E-state index is 10.7. The van der Waals surface area contributed by atoms with Crippen molar-refractivity contribution in [2.24, 2.45) is 0 Å². The predicted molar refractivity (Wildman–Crippen MR) is 74.1 cm³/mol. The molecule has 6 heteroatoms. The molecule has 94 valence electrons. The van der Waals surface area contributed by atoms with Gasteiger partial charge in [0, 0.05) is 6.20 Å². The van der Waals surface area contributed by atoms with Gasteiger partial charge in [-0.25, -0.2) is 14.8 Å². The maximum atomic E-state index is 10.7. The molecule has 0 saturated carbocycles. The molecule has 1 aromatic carbocycles. The van der Waals surface area contributed by atoms with E-state index in [0.717, 1.165) is 15.3 Å². The Hall–Kier alpha value is -2.47. The fourth-order valence-electron chi connectivity index (χ4n) is 1.63. The Morgan fingerprint density at radius 2 is 2.05 bits per heavy atom. The largest absolute Gasteiger partial charge is 0.478 e. The van der Waals surface area contributed by atoms with Crippen LogP contribution in [-0.2, 0) is 0 Å². The highest BCUT2D eigenvalue weighted by molar-refractivity contribution is 7.22. The molecule has 2 N–H and O–H groups in total. The molecule has 0 aliphatic rings. The van der Waals surface area contributed by atoms with Crippen molar-refractivity contribution in [1.29, 1.82) is 0 Å². The number of aromatic nitrogens is 2. The third-order valence-corrected chi connectivity index (χ3v) is 3.49. The summed E-state index contributed by atoms with van der Waals surface area (Å²) in [5.41, 5.74) is 1.09. The number of carboxylic acid groups (broad SMARTS) is 1. The van der Waals surface area contributed by atoms with Gasteiger partial charge in [0.2, 0.25) is 0 Å². The summed E-state index contributed by atoms with van der Waals surface area (Å²) in [5.74, 6) is -0.414. The number of carbonyl (C=O) groups is 1. The Balaban J connectivity index is 1.86. The van der Waals surface area contributed by atoms with Gasteiger partial charge in [0.15, 0.2) is 5.13 Å². The van der Waals surface area contributed by atoms with Crippen molar-refractivity contribution in [2.75, 3.05) is 5.32 Å². The van der Waals surface area contributed by atoms with Crippen LogP contribution in [0.4, 0.5) is 10.9 Å². The quantitative estimate of drug-likeness (QED) is 0.765. The highest BCUT2D eigenvalue weighted by atomic mass is 32.1. The summed E-state index contributed by atoms with van der Waals surface area (Å²) in [5, 5.41) is 12.6. The van der Waals surface area contributed by atoms with Gasteiger partial charge in [-0.05, 0) is 24.3 Å². The van der Waals surface area contributed by atoms with E-state index in [0.29, 0.717) is 5.82 Å². The van der Waals surface area contributed by atoms with Crippen LogP contribution in [0, 0.1) is 0 Å². The number of thiazole rings is 1. The minimum atomic E-state index is -0.987. The molecule has 0 saturated heterocycles. The number of hydrogen-bond acceptors (Lipinski definition) is 5. The van der Waals surface area contributed by atoms with Gasteiger partial charge in [0.25, 0.3) is 0 Å².